The first kappa shape index (κ1) is 88.5. The lowest BCUT2D eigenvalue weighted by Crippen LogP contribution is -2.30. The minimum absolute atomic E-state index is 0.0962. The van der Waals surface area contributed by atoms with Gasteiger partial charge in [-0.2, -0.15) is 0 Å². The van der Waals surface area contributed by atoms with Crippen LogP contribution in [0.1, 0.15) is 337 Å². The summed E-state index contributed by atoms with van der Waals surface area (Å²) in [5.74, 6) is 0.00515. The first-order valence-corrected chi connectivity index (χ1v) is 39.7. The van der Waals surface area contributed by atoms with Crippen molar-refractivity contribution < 1.29 is 80.2 Å². The van der Waals surface area contributed by atoms with E-state index in [-0.39, 0.29) is 25.7 Å². The molecule has 0 fully saturated rings. The lowest BCUT2D eigenvalue weighted by Gasteiger charge is -2.21. The zero-order valence-electron chi connectivity index (χ0n) is 58.8. The first-order chi connectivity index (χ1) is 43.7. The van der Waals surface area contributed by atoms with Crippen LogP contribution in [0.25, 0.3) is 0 Å². The van der Waals surface area contributed by atoms with E-state index in [4.69, 9.17) is 37.0 Å². The van der Waals surface area contributed by atoms with Crippen LogP contribution in [-0.2, 0) is 65.4 Å². The molecule has 0 bridgehead atoms. The fourth-order valence-electron chi connectivity index (χ4n) is 10.4. The molecule has 0 saturated carbocycles. The lowest BCUT2D eigenvalue weighted by molar-refractivity contribution is -0.161. The number of esters is 4. The standard InChI is InChI=1S/C72H136O17P2/c1-8-9-10-11-12-13-14-15-16-20-23-26-31-39-46-53-69(74)82-59-67(89-72(77)56-49-42-33-28-30-37-44-51-64(4)5)61-86-90(78,79)84-57-66(73)58-85-91(80,81)87-62-68(60-83-70(75)54-47-40-35-34-38-45-52-65(6)7)88-71(76)55-48-41-32-27-24-21-18-17-19-22-25-29-36-43-50-63(2)3/h13-16,63-68,73H,8-12,17-62H2,1-7H3,(H,78,79)(H,80,81)/b14-13-,16-15-/t66-,67-,68-/m1/s1. The van der Waals surface area contributed by atoms with E-state index < -0.39 is 97.5 Å². The molecule has 0 rings (SSSR count). The number of aliphatic hydroxyl groups is 1. The van der Waals surface area contributed by atoms with Crippen molar-refractivity contribution in [3.63, 3.8) is 0 Å². The van der Waals surface area contributed by atoms with Gasteiger partial charge in [0.15, 0.2) is 12.2 Å². The van der Waals surface area contributed by atoms with E-state index in [0.717, 1.165) is 121 Å². The Morgan fingerprint density at radius 3 is 0.890 bits per heavy atom. The zero-order chi connectivity index (χ0) is 67.3. The lowest BCUT2D eigenvalue weighted by atomic mass is 10.0. The summed E-state index contributed by atoms with van der Waals surface area (Å²) in [6.07, 6.45) is 49.7. The Kier molecular flexibility index (Phi) is 60.7. The van der Waals surface area contributed by atoms with Gasteiger partial charge in [-0.3, -0.25) is 37.3 Å². The number of hydrogen-bond donors (Lipinski definition) is 3. The number of ether oxygens (including phenoxy) is 4. The second kappa shape index (κ2) is 62.4. The molecule has 0 aliphatic carbocycles. The summed E-state index contributed by atoms with van der Waals surface area (Å²) in [5, 5.41) is 10.6. The van der Waals surface area contributed by atoms with Crippen molar-refractivity contribution in [2.75, 3.05) is 39.6 Å². The van der Waals surface area contributed by atoms with Crippen LogP contribution in [-0.4, -0.2) is 96.7 Å². The van der Waals surface area contributed by atoms with Crippen molar-refractivity contribution in [1.82, 2.24) is 0 Å². The summed E-state index contributed by atoms with van der Waals surface area (Å²) >= 11 is 0. The molecule has 0 aliphatic heterocycles. The van der Waals surface area contributed by atoms with Crippen molar-refractivity contribution >= 4 is 39.5 Å². The molecular formula is C72H136O17P2. The maximum absolute atomic E-state index is 13.0. The number of carbonyl (C=O) groups excluding carboxylic acids is 4. The Morgan fingerprint density at radius 2 is 0.593 bits per heavy atom. The maximum atomic E-state index is 13.0. The van der Waals surface area contributed by atoms with Crippen molar-refractivity contribution in [2.45, 2.75) is 356 Å². The zero-order valence-corrected chi connectivity index (χ0v) is 60.6. The molecule has 0 aromatic heterocycles. The van der Waals surface area contributed by atoms with Gasteiger partial charge in [0.1, 0.15) is 19.3 Å². The molecule has 0 heterocycles. The number of phosphoric acid groups is 2. The second-order valence-electron chi connectivity index (χ2n) is 26.7. The third-order valence-electron chi connectivity index (χ3n) is 16.0. The largest absolute Gasteiger partial charge is 0.472 e. The van der Waals surface area contributed by atoms with Gasteiger partial charge in [0.25, 0.3) is 0 Å². The van der Waals surface area contributed by atoms with Crippen LogP contribution in [0, 0.1) is 17.8 Å². The van der Waals surface area contributed by atoms with Gasteiger partial charge >= 0.3 is 39.5 Å². The minimum Gasteiger partial charge on any atom is -0.462 e. The summed E-state index contributed by atoms with van der Waals surface area (Å²) < 4.78 is 68.2. The van der Waals surface area contributed by atoms with Crippen molar-refractivity contribution in [2.24, 2.45) is 17.8 Å². The van der Waals surface area contributed by atoms with Gasteiger partial charge in [-0.15, -0.1) is 0 Å². The highest BCUT2D eigenvalue weighted by Gasteiger charge is 2.30. The van der Waals surface area contributed by atoms with Gasteiger partial charge in [-0.25, -0.2) is 9.13 Å². The quantitative estimate of drug-likeness (QED) is 0.0169. The third kappa shape index (κ3) is 66.0. The van der Waals surface area contributed by atoms with Crippen LogP contribution >= 0.6 is 15.6 Å². The molecular weight excluding hydrogens is 1200 g/mol. The highest BCUT2D eigenvalue weighted by atomic mass is 31.2. The third-order valence-corrected chi connectivity index (χ3v) is 17.9. The molecule has 0 amide bonds. The van der Waals surface area contributed by atoms with E-state index in [9.17, 15) is 43.2 Å². The molecule has 0 aliphatic rings. The van der Waals surface area contributed by atoms with Crippen molar-refractivity contribution in [1.29, 1.82) is 0 Å². The fraction of sp³-hybridized carbons (Fsp3) is 0.889. The molecule has 0 aromatic carbocycles. The summed E-state index contributed by atoms with van der Waals surface area (Å²) in [6, 6.07) is 0. The monoisotopic (exact) mass is 1330 g/mol. The van der Waals surface area contributed by atoms with Crippen LogP contribution in [0.15, 0.2) is 24.3 Å². The molecule has 2 unspecified atom stereocenters. The topological polar surface area (TPSA) is 237 Å². The molecule has 17 nitrogen and oxygen atoms in total. The number of phosphoric ester groups is 2. The van der Waals surface area contributed by atoms with Crippen LogP contribution in [0.3, 0.4) is 0 Å². The number of unbranched alkanes of at least 4 members (excludes halogenated alkanes) is 33. The Morgan fingerprint density at radius 1 is 0.341 bits per heavy atom. The van der Waals surface area contributed by atoms with Gasteiger partial charge in [0.05, 0.1) is 26.4 Å². The Hall–Kier alpha value is -2.46. The molecule has 3 N–H and O–H groups in total. The van der Waals surface area contributed by atoms with E-state index in [0.29, 0.717) is 37.5 Å². The molecule has 19 heteroatoms. The number of aliphatic hydroxyl groups excluding tert-OH is 1. The smallest absolute Gasteiger partial charge is 0.462 e. The predicted molar refractivity (Wildman–Crippen MR) is 367 cm³/mol. The summed E-state index contributed by atoms with van der Waals surface area (Å²) in [5.41, 5.74) is 0. The van der Waals surface area contributed by atoms with Gasteiger partial charge in [-0.05, 0) is 69.1 Å². The summed E-state index contributed by atoms with van der Waals surface area (Å²) in [6.45, 7) is 11.7. The molecule has 0 saturated heterocycles. The Labute approximate surface area is 554 Å². The minimum atomic E-state index is -4.96. The van der Waals surface area contributed by atoms with Gasteiger partial charge in [-0.1, -0.05) is 285 Å². The van der Waals surface area contributed by atoms with Gasteiger partial charge < -0.3 is 33.8 Å². The maximum Gasteiger partial charge on any atom is 0.472 e. The van der Waals surface area contributed by atoms with Crippen LogP contribution in [0.5, 0.6) is 0 Å². The Bertz CT molecular complexity index is 1880. The van der Waals surface area contributed by atoms with E-state index in [1.807, 2.05) is 0 Å². The van der Waals surface area contributed by atoms with Crippen molar-refractivity contribution in [3.8, 4) is 0 Å². The highest BCUT2D eigenvalue weighted by molar-refractivity contribution is 7.47. The van der Waals surface area contributed by atoms with Gasteiger partial charge in [0.2, 0.25) is 0 Å². The first-order valence-electron chi connectivity index (χ1n) is 36.7. The van der Waals surface area contributed by atoms with E-state index >= 15 is 0 Å². The SMILES string of the molecule is CCCCCC/C=C\C=C/CCCCCCCC(=O)OC[C@H](COP(=O)(O)OC[C@@H](O)COP(=O)(O)OC[C@@H](COC(=O)CCCCCCCCC(C)C)OC(=O)CCCCCCCCCCCCCCCCC(C)C)OC(=O)CCCCCCCCCC(C)C. The average Bonchev–Trinajstić information content (AvgIpc) is 3.72. The average molecular weight is 1340 g/mol. The van der Waals surface area contributed by atoms with Crippen LogP contribution < -0.4 is 0 Å². The fourth-order valence-corrected chi connectivity index (χ4v) is 11.9. The number of carbonyl (C=O) groups is 4. The number of rotatable bonds is 68. The number of hydrogen-bond acceptors (Lipinski definition) is 15. The molecule has 5 atom stereocenters. The van der Waals surface area contributed by atoms with E-state index in [2.05, 4.69) is 72.8 Å². The summed E-state index contributed by atoms with van der Waals surface area (Å²) in [4.78, 5) is 72.5. The van der Waals surface area contributed by atoms with Gasteiger partial charge in [0, 0.05) is 25.7 Å². The van der Waals surface area contributed by atoms with Crippen LogP contribution in [0.4, 0.5) is 0 Å². The molecule has 0 radical (unpaired) electrons. The van der Waals surface area contributed by atoms with Crippen molar-refractivity contribution in [3.05, 3.63) is 24.3 Å². The molecule has 0 spiro atoms. The normalized spacial score (nSPS) is 14.3. The number of allylic oxidation sites excluding steroid dienone is 4. The highest BCUT2D eigenvalue weighted by Crippen LogP contribution is 2.45. The molecule has 0 aromatic rings. The summed E-state index contributed by atoms with van der Waals surface area (Å²) in [7, 11) is -9.91. The molecule has 536 valence electrons. The Balaban J connectivity index is 5.23. The van der Waals surface area contributed by atoms with E-state index in [1.165, 1.54) is 122 Å². The second-order valence-corrected chi connectivity index (χ2v) is 29.6. The molecule has 91 heavy (non-hydrogen) atoms. The predicted octanol–water partition coefficient (Wildman–Crippen LogP) is 20.2. The van der Waals surface area contributed by atoms with E-state index in [1.54, 1.807) is 0 Å². The van der Waals surface area contributed by atoms with Crippen LogP contribution in [0.2, 0.25) is 0 Å².